The number of anilines is 3. The molecule has 0 saturated carbocycles. The molecular weight excluding hydrogens is 449 g/mol. The van der Waals surface area contributed by atoms with Crippen LogP contribution in [0.25, 0.3) is 17.0 Å². The van der Waals surface area contributed by atoms with Crippen molar-refractivity contribution < 1.29 is 13.9 Å². The summed E-state index contributed by atoms with van der Waals surface area (Å²) in [5, 5.41) is 3.18. The summed E-state index contributed by atoms with van der Waals surface area (Å²) in [5.74, 6) is 0.409. The number of hydrogen-bond acceptors (Lipinski definition) is 8. The molecule has 1 aliphatic rings. The van der Waals surface area contributed by atoms with Crippen LogP contribution >= 0.6 is 0 Å². The predicted octanol–water partition coefficient (Wildman–Crippen LogP) is 3.45. The molecule has 3 aromatic heterocycles. The Labute approximate surface area is 203 Å². The molecule has 0 bridgehead atoms. The first-order chi connectivity index (χ1) is 17.2. The van der Waals surface area contributed by atoms with Gasteiger partial charge in [0.15, 0.2) is 5.82 Å². The lowest BCUT2D eigenvalue weighted by Crippen LogP contribution is -2.47. The Bertz CT molecular complexity index is 1300. The van der Waals surface area contributed by atoms with E-state index in [9.17, 15) is 4.39 Å². The number of aromatic nitrogens is 4. The molecule has 1 N–H and O–H groups in total. The summed E-state index contributed by atoms with van der Waals surface area (Å²) in [7, 11) is 3.36. The fraction of sp³-hybridized carbons (Fsp3) is 0.320. The monoisotopic (exact) mass is 477 g/mol. The van der Waals surface area contributed by atoms with Gasteiger partial charge in [0.1, 0.15) is 17.1 Å². The van der Waals surface area contributed by atoms with Gasteiger partial charge in [-0.05, 0) is 24.3 Å². The summed E-state index contributed by atoms with van der Waals surface area (Å²) in [6.07, 6.45) is 4.59. The quantitative estimate of drug-likeness (QED) is 0.413. The van der Waals surface area contributed by atoms with Gasteiger partial charge >= 0.3 is 0 Å². The van der Waals surface area contributed by atoms with E-state index in [1.54, 1.807) is 24.8 Å². The molecule has 4 aromatic rings. The summed E-state index contributed by atoms with van der Waals surface area (Å²) in [6.45, 7) is 5.54. The van der Waals surface area contributed by atoms with E-state index in [-0.39, 0.29) is 11.6 Å². The number of benzene rings is 1. The molecule has 1 aromatic carbocycles. The minimum Gasteiger partial charge on any atom is -0.494 e. The van der Waals surface area contributed by atoms with Gasteiger partial charge in [0.05, 0.1) is 37.5 Å². The van der Waals surface area contributed by atoms with Gasteiger partial charge in [0, 0.05) is 57.8 Å². The molecule has 182 valence electrons. The van der Waals surface area contributed by atoms with Crippen LogP contribution in [0.15, 0.2) is 55.0 Å². The lowest BCUT2D eigenvalue weighted by Gasteiger charge is -2.36. The molecule has 1 saturated heterocycles. The number of rotatable bonds is 8. The molecule has 1 fully saturated rings. The number of piperazine rings is 1. The Kier molecular flexibility index (Phi) is 6.73. The van der Waals surface area contributed by atoms with E-state index in [2.05, 4.69) is 30.1 Å². The second kappa shape index (κ2) is 10.2. The number of hydrogen-bond donors (Lipinski definition) is 1. The van der Waals surface area contributed by atoms with Crippen LogP contribution in [0.3, 0.4) is 0 Å². The fourth-order valence-corrected chi connectivity index (χ4v) is 4.27. The maximum Gasteiger partial charge on any atom is 0.228 e. The van der Waals surface area contributed by atoms with Crippen molar-refractivity contribution >= 4 is 23.0 Å². The molecule has 0 atom stereocenters. The van der Waals surface area contributed by atoms with E-state index in [1.807, 2.05) is 42.6 Å². The molecule has 4 heterocycles. The molecule has 35 heavy (non-hydrogen) atoms. The fourth-order valence-electron chi connectivity index (χ4n) is 4.27. The predicted molar refractivity (Wildman–Crippen MR) is 133 cm³/mol. The molecule has 5 rings (SSSR count). The van der Waals surface area contributed by atoms with Crippen LogP contribution in [0, 0.1) is 5.82 Å². The van der Waals surface area contributed by atoms with Crippen molar-refractivity contribution in [3.05, 3.63) is 60.8 Å². The highest BCUT2D eigenvalue weighted by Gasteiger charge is 2.19. The second-order valence-electron chi connectivity index (χ2n) is 8.29. The van der Waals surface area contributed by atoms with Crippen LogP contribution in [0.5, 0.6) is 5.75 Å². The summed E-state index contributed by atoms with van der Waals surface area (Å²) in [4.78, 5) is 17.7. The molecule has 1 aliphatic heterocycles. The maximum absolute atomic E-state index is 14.7. The normalized spacial score (nSPS) is 14.4. The van der Waals surface area contributed by atoms with Gasteiger partial charge in [-0.3, -0.25) is 9.30 Å². The first-order valence-electron chi connectivity index (χ1n) is 11.5. The highest BCUT2D eigenvalue weighted by atomic mass is 19.1. The van der Waals surface area contributed by atoms with Gasteiger partial charge in [-0.2, -0.15) is 0 Å². The lowest BCUT2D eigenvalue weighted by molar-refractivity contribution is 0.144. The van der Waals surface area contributed by atoms with E-state index >= 15 is 0 Å². The summed E-state index contributed by atoms with van der Waals surface area (Å²) < 4.78 is 27.3. The Morgan fingerprint density at radius 3 is 2.69 bits per heavy atom. The number of ether oxygens (including phenoxy) is 2. The lowest BCUT2D eigenvalue weighted by atomic mass is 10.2. The van der Waals surface area contributed by atoms with Crippen molar-refractivity contribution in [1.82, 2.24) is 24.3 Å². The van der Waals surface area contributed by atoms with Crippen LogP contribution < -0.4 is 15.0 Å². The summed E-state index contributed by atoms with van der Waals surface area (Å²) in [6, 6.07) is 11.6. The van der Waals surface area contributed by atoms with E-state index < -0.39 is 5.82 Å². The first-order valence-corrected chi connectivity index (χ1v) is 11.5. The van der Waals surface area contributed by atoms with Gasteiger partial charge in [-0.25, -0.2) is 19.3 Å². The SMILES string of the molecule is COCCN1CCN(c2ccc(Nc3ncc(F)c(-c4cnc5ccccn45)n3)c(OC)c2)CC1. The van der Waals surface area contributed by atoms with Gasteiger partial charge < -0.3 is 19.7 Å². The second-order valence-corrected chi connectivity index (χ2v) is 8.29. The number of halogens is 1. The summed E-state index contributed by atoms with van der Waals surface area (Å²) in [5.41, 5.74) is 3.22. The Morgan fingerprint density at radius 2 is 1.89 bits per heavy atom. The van der Waals surface area contributed by atoms with Gasteiger partial charge in [0.2, 0.25) is 5.95 Å². The van der Waals surface area contributed by atoms with E-state index in [0.717, 1.165) is 51.2 Å². The molecule has 0 aliphatic carbocycles. The maximum atomic E-state index is 14.7. The van der Waals surface area contributed by atoms with Crippen LogP contribution in [0.1, 0.15) is 0 Å². The minimum atomic E-state index is -0.520. The average molecular weight is 478 g/mol. The van der Waals surface area contributed by atoms with Crippen molar-refractivity contribution in [2.75, 3.05) is 63.8 Å². The third kappa shape index (κ3) is 4.89. The number of nitrogens with one attached hydrogen (secondary N) is 1. The number of pyridine rings is 1. The zero-order valence-corrected chi connectivity index (χ0v) is 19.8. The third-order valence-electron chi connectivity index (χ3n) is 6.18. The Balaban J connectivity index is 1.35. The smallest absolute Gasteiger partial charge is 0.228 e. The van der Waals surface area contributed by atoms with E-state index in [1.165, 1.54) is 0 Å². The zero-order chi connectivity index (χ0) is 24.2. The average Bonchev–Trinajstić information content (AvgIpc) is 3.33. The number of methoxy groups -OCH3 is 2. The van der Waals surface area contributed by atoms with Crippen LogP contribution in [0.4, 0.5) is 21.7 Å². The van der Waals surface area contributed by atoms with Gasteiger partial charge in [0.25, 0.3) is 0 Å². The minimum absolute atomic E-state index is 0.170. The molecule has 0 spiro atoms. The topological polar surface area (TPSA) is 80.1 Å². The third-order valence-corrected chi connectivity index (χ3v) is 6.18. The molecule has 0 unspecified atom stereocenters. The molecule has 0 radical (unpaired) electrons. The summed E-state index contributed by atoms with van der Waals surface area (Å²) >= 11 is 0. The van der Waals surface area contributed by atoms with Crippen molar-refractivity contribution in [1.29, 1.82) is 0 Å². The number of imidazole rings is 1. The van der Waals surface area contributed by atoms with E-state index in [0.29, 0.717) is 22.8 Å². The Hall–Kier alpha value is -3.76. The van der Waals surface area contributed by atoms with Crippen LogP contribution in [0.2, 0.25) is 0 Å². The number of nitrogens with zero attached hydrogens (tertiary/aromatic N) is 6. The van der Waals surface area contributed by atoms with Crippen LogP contribution in [-0.4, -0.2) is 77.8 Å². The van der Waals surface area contributed by atoms with Crippen molar-refractivity contribution in [2.45, 2.75) is 0 Å². The van der Waals surface area contributed by atoms with E-state index in [4.69, 9.17) is 9.47 Å². The van der Waals surface area contributed by atoms with Crippen LogP contribution in [-0.2, 0) is 4.74 Å². The molecule has 10 heteroatoms. The highest BCUT2D eigenvalue weighted by Crippen LogP contribution is 2.32. The molecular formula is C25H28FN7O2. The van der Waals surface area contributed by atoms with Crippen molar-refractivity contribution in [2.24, 2.45) is 0 Å². The standard InChI is InChI=1S/C25H28FN7O2/c1-34-14-13-31-9-11-32(12-10-31)18-6-7-20(22(15-18)35-2)29-25-28-16-19(26)24(30-25)21-17-27-23-5-3-4-8-33(21)23/h3-8,15-17H,9-14H2,1-2H3,(H,28,29,30). The van der Waals surface area contributed by atoms with Crippen molar-refractivity contribution in [3.8, 4) is 17.1 Å². The first kappa shape index (κ1) is 23.0. The van der Waals surface area contributed by atoms with Crippen molar-refractivity contribution in [3.63, 3.8) is 0 Å². The highest BCUT2D eigenvalue weighted by molar-refractivity contribution is 5.69. The van der Waals surface area contributed by atoms with Gasteiger partial charge in [-0.1, -0.05) is 6.07 Å². The Morgan fingerprint density at radius 1 is 1.03 bits per heavy atom. The molecule has 9 nitrogen and oxygen atoms in total. The number of fused-ring (bicyclic) bond motifs is 1. The zero-order valence-electron chi connectivity index (χ0n) is 19.8. The largest absolute Gasteiger partial charge is 0.494 e. The van der Waals surface area contributed by atoms with Gasteiger partial charge in [-0.15, -0.1) is 0 Å². The molecule has 0 amide bonds.